The van der Waals surface area contributed by atoms with E-state index in [2.05, 4.69) is 15.0 Å². The third-order valence-electron chi connectivity index (χ3n) is 4.37. The molecule has 0 radical (unpaired) electrons. The molecule has 9 heteroatoms. The summed E-state index contributed by atoms with van der Waals surface area (Å²) in [7, 11) is 0. The SMILES string of the molecule is O=C1CCN(C(c2ccc(Cl)c(Cl)c2)c2sc3ncnn3c2O)CC1. The summed E-state index contributed by atoms with van der Waals surface area (Å²) >= 11 is 13.6. The van der Waals surface area contributed by atoms with Crippen LogP contribution < -0.4 is 0 Å². The van der Waals surface area contributed by atoms with Crippen molar-refractivity contribution in [2.45, 2.75) is 18.9 Å². The number of carbonyl (C=O) groups is 1. The molecule has 1 aromatic carbocycles. The number of aromatic nitrogens is 3. The van der Waals surface area contributed by atoms with Gasteiger partial charge in [0.2, 0.25) is 10.8 Å². The second kappa shape index (κ2) is 6.57. The van der Waals surface area contributed by atoms with Crippen LogP contribution in [0.25, 0.3) is 4.96 Å². The predicted octanol–water partition coefficient (Wildman–Crippen LogP) is 3.56. The van der Waals surface area contributed by atoms with Crippen LogP contribution in [-0.2, 0) is 4.79 Å². The predicted molar refractivity (Wildman–Crippen MR) is 96.6 cm³/mol. The lowest BCUT2D eigenvalue weighted by molar-refractivity contribution is -0.121. The Morgan fingerprint density at radius 1 is 1.20 bits per heavy atom. The average Bonchev–Trinajstić information content (AvgIpc) is 3.17. The summed E-state index contributed by atoms with van der Waals surface area (Å²) in [5.74, 6) is 0.321. The molecule has 1 aliphatic heterocycles. The Hall–Kier alpha value is -1.67. The number of benzene rings is 1. The van der Waals surface area contributed by atoms with Crippen LogP contribution in [0, 0.1) is 0 Å². The minimum atomic E-state index is -0.239. The fourth-order valence-electron chi connectivity index (χ4n) is 3.11. The molecule has 130 valence electrons. The molecule has 1 aliphatic rings. The van der Waals surface area contributed by atoms with Gasteiger partial charge in [0.25, 0.3) is 0 Å². The molecule has 25 heavy (non-hydrogen) atoms. The molecule has 0 amide bonds. The van der Waals surface area contributed by atoms with Gasteiger partial charge in [0, 0.05) is 25.9 Å². The fourth-order valence-corrected chi connectivity index (χ4v) is 4.51. The summed E-state index contributed by atoms with van der Waals surface area (Å²) in [6.07, 6.45) is 2.40. The van der Waals surface area contributed by atoms with Crippen molar-refractivity contribution in [1.29, 1.82) is 0 Å². The zero-order valence-corrected chi connectivity index (χ0v) is 15.4. The first-order valence-corrected chi connectivity index (χ1v) is 9.34. The van der Waals surface area contributed by atoms with Crippen molar-refractivity contribution in [2.24, 2.45) is 0 Å². The van der Waals surface area contributed by atoms with Gasteiger partial charge in [0.15, 0.2) is 0 Å². The third kappa shape index (κ3) is 3.01. The molecule has 0 aliphatic carbocycles. The minimum absolute atomic E-state index is 0.0606. The topological polar surface area (TPSA) is 70.7 Å². The Balaban J connectivity index is 1.82. The van der Waals surface area contributed by atoms with Crippen molar-refractivity contribution in [3.05, 3.63) is 45.0 Å². The highest BCUT2D eigenvalue weighted by Gasteiger charge is 2.31. The Morgan fingerprint density at radius 2 is 1.96 bits per heavy atom. The molecule has 4 rings (SSSR count). The van der Waals surface area contributed by atoms with E-state index in [9.17, 15) is 9.90 Å². The van der Waals surface area contributed by atoms with Crippen LogP contribution in [0.2, 0.25) is 10.0 Å². The van der Waals surface area contributed by atoms with Crippen LogP contribution in [-0.4, -0.2) is 43.5 Å². The summed E-state index contributed by atoms with van der Waals surface area (Å²) in [4.78, 5) is 19.3. The minimum Gasteiger partial charge on any atom is -0.492 e. The van der Waals surface area contributed by atoms with Crippen molar-refractivity contribution >= 4 is 45.3 Å². The van der Waals surface area contributed by atoms with Crippen LogP contribution in [0.4, 0.5) is 0 Å². The van der Waals surface area contributed by atoms with E-state index in [0.717, 1.165) is 10.4 Å². The first kappa shape index (κ1) is 16.8. The fraction of sp³-hybridized carbons (Fsp3) is 0.312. The van der Waals surface area contributed by atoms with Crippen LogP contribution in [0.3, 0.4) is 0 Å². The van der Waals surface area contributed by atoms with Crippen molar-refractivity contribution in [2.75, 3.05) is 13.1 Å². The van der Waals surface area contributed by atoms with Gasteiger partial charge in [-0.15, -0.1) is 0 Å². The molecule has 2 aromatic heterocycles. The van der Waals surface area contributed by atoms with Gasteiger partial charge in [-0.3, -0.25) is 9.69 Å². The first-order valence-electron chi connectivity index (χ1n) is 7.76. The van der Waals surface area contributed by atoms with E-state index in [0.29, 0.717) is 40.9 Å². The van der Waals surface area contributed by atoms with Gasteiger partial charge < -0.3 is 5.11 Å². The van der Waals surface area contributed by atoms with Gasteiger partial charge in [-0.25, -0.2) is 4.98 Å². The van der Waals surface area contributed by atoms with E-state index >= 15 is 0 Å². The number of aromatic hydroxyl groups is 1. The number of likely N-dealkylation sites (tertiary alicyclic amines) is 1. The molecular formula is C16H14Cl2N4O2S. The van der Waals surface area contributed by atoms with Crippen LogP contribution in [0.15, 0.2) is 24.5 Å². The molecule has 0 bridgehead atoms. The van der Waals surface area contributed by atoms with E-state index in [1.54, 1.807) is 12.1 Å². The second-order valence-electron chi connectivity index (χ2n) is 5.90. The maximum absolute atomic E-state index is 11.6. The molecule has 0 saturated carbocycles. The largest absolute Gasteiger partial charge is 0.492 e. The summed E-state index contributed by atoms with van der Waals surface area (Å²) in [6.45, 7) is 1.24. The van der Waals surface area contributed by atoms with Crippen LogP contribution in [0.1, 0.15) is 29.3 Å². The van der Waals surface area contributed by atoms with Gasteiger partial charge in [-0.1, -0.05) is 40.6 Å². The second-order valence-corrected chi connectivity index (χ2v) is 7.72. The molecule has 1 saturated heterocycles. The molecule has 6 nitrogen and oxygen atoms in total. The molecular weight excluding hydrogens is 383 g/mol. The van der Waals surface area contributed by atoms with E-state index in [4.69, 9.17) is 23.2 Å². The zero-order chi connectivity index (χ0) is 17.6. The van der Waals surface area contributed by atoms with E-state index < -0.39 is 0 Å². The molecule has 3 heterocycles. The Bertz CT molecular complexity index is 945. The van der Waals surface area contributed by atoms with E-state index in [1.165, 1.54) is 22.2 Å². The monoisotopic (exact) mass is 396 g/mol. The molecule has 1 unspecified atom stereocenters. The highest BCUT2D eigenvalue weighted by Crippen LogP contribution is 2.41. The number of hydrogen-bond donors (Lipinski definition) is 1. The maximum Gasteiger partial charge on any atom is 0.230 e. The molecule has 0 spiro atoms. The van der Waals surface area contributed by atoms with Gasteiger partial charge in [-0.05, 0) is 17.7 Å². The number of fused-ring (bicyclic) bond motifs is 1. The van der Waals surface area contributed by atoms with Crippen molar-refractivity contribution < 1.29 is 9.90 Å². The van der Waals surface area contributed by atoms with Crippen molar-refractivity contribution in [3.8, 4) is 5.88 Å². The normalized spacial score (nSPS) is 17.3. The Labute approximate surface area is 157 Å². The summed E-state index contributed by atoms with van der Waals surface area (Å²) in [6, 6.07) is 5.21. The highest BCUT2D eigenvalue weighted by atomic mass is 35.5. The number of nitrogens with zero attached hydrogens (tertiary/aromatic N) is 4. The molecule has 1 N–H and O–H groups in total. The van der Waals surface area contributed by atoms with E-state index in [-0.39, 0.29) is 17.7 Å². The molecule has 3 aromatic rings. The smallest absolute Gasteiger partial charge is 0.230 e. The first-order chi connectivity index (χ1) is 12.0. The quantitative estimate of drug-likeness (QED) is 0.732. The lowest BCUT2D eigenvalue weighted by Gasteiger charge is -2.33. The van der Waals surface area contributed by atoms with Gasteiger partial charge in [0.1, 0.15) is 12.1 Å². The zero-order valence-electron chi connectivity index (χ0n) is 13.0. The van der Waals surface area contributed by atoms with Crippen LogP contribution in [0.5, 0.6) is 5.88 Å². The lowest BCUT2D eigenvalue weighted by atomic mass is 10.00. The average molecular weight is 397 g/mol. The van der Waals surface area contributed by atoms with E-state index in [1.807, 2.05) is 6.07 Å². The Kier molecular flexibility index (Phi) is 4.41. The molecule has 1 atom stereocenters. The van der Waals surface area contributed by atoms with Crippen molar-refractivity contribution in [3.63, 3.8) is 0 Å². The summed E-state index contributed by atoms with van der Waals surface area (Å²) in [5, 5.41) is 15.6. The number of Topliss-reactive ketones (excluding diaryl/α,β-unsaturated/α-hetero) is 1. The number of rotatable bonds is 3. The maximum atomic E-state index is 11.6. The lowest BCUT2D eigenvalue weighted by Crippen LogP contribution is -2.37. The number of thiazole rings is 1. The number of piperidine rings is 1. The van der Waals surface area contributed by atoms with Crippen molar-refractivity contribution in [1.82, 2.24) is 19.5 Å². The number of carbonyl (C=O) groups excluding carboxylic acids is 1. The number of ketones is 1. The van der Waals surface area contributed by atoms with Gasteiger partial charge >= 0.3 is 0 Å². The van der Waals surface area contributed by atoms with Gasteiger partial charge in [-0.2, -0.15) is 9.61 Å². The number of halogens is 2. The Morgan fingerprint density at radius 3 is 2.64 bits per heavy atom. The van der Waals surface area contributed by atoms with Crippen LogP contribution >= 0.6 is 34.5 Å². The standard InChI is InChI=1S/C16H14Cl2N4O2S/c17-11-2-1-9(7-12(11)18)13(21-5-3-10(23)4-6-21)14-15(24)22-16(25-14)19-8-20-22/h1-2,7-8,13,24H,3-6H2. The summed E-state index contributed by atoms with van der Waals surface area (Å²) in [5.41, 5.74) is 0.906. The number of hydrogen-bond acceptors (Lipinski definition) is 6. The summed E-state index contributed by atoms with van der Waals surface area (Å²) < 4.78 is 1.42. The van der Waals surface area contributed by atoms with Gasteiger partial charge in [0.05, 0.1) is 21.0 Å². The molecule has 1 fully saturated rings. The highest BCUT2D eigenvalue weighted by molar-refractivity contribution is 7.17. The third-order valence-corrected chi connectivity index (χ3v) is 6.19.